The van der Waals surface area contributed by atoms with Crippen LogP contribution in [0.4, 0.5) is 0 Å². The maximum absolute atomic E-state index is 13.7. The quantitative estimate of drug-likeness (QED) is 0.538. The number of methoxy groups -OCH3 is 1. The molecular weight excluding hydrogens is 426 g/mol. The van der Waals surface area contributed by atoms with Gasteiger partial charge >= 0.3 is 0 Å². The molecule has 2 heterocycles. The van der Waals surface area contributed by atoms with Gasteiger partial charge in [0.15, 0.2) is 0 Å². The molecule has 34 heavy (non-hydrogen) atoms. The van der Waals surface area contributed by atoms with Gasteiger partial charge in [-0.3, -0.25) is 14.4 Å². The first-order valence-corrected chi connectivity index (χ1v) is 11.7. The summed E-state index contributed by atoms with van der Waals surface area (Å²) in [5, 5.41) is 14.3. The second kappa shape index (κ2) is 10.5. The van der Waals surface area contributed by atoms with Gasteiger partial charge < -0.3 is 9.64 Å². The van der Waals surface area contributed by atoms with Crippen molar-refractivity contribution >= 4 is 5.91 Å². The van der Waals surface area contributed by atoms with E-state index in [0.717, 1.165) is 16.9 Å². The van der Waals surface area contributed by atoms with Crippen LogP contribution in [0.15, 0.2) is 60.8 Å². The lowest BCUT2D eigenvalue weighted by Crippen LogP contribution is -2.52. The maximum atomic E-state index is 13.7. The summed E-state index contributed by atoms with van der Waals surface area (Å²) in [5.41, 5.74) is 3.20. The third-order valence-corrected chi connectivity index (χ3v) is 6.28. The van der Waals surface area contributed by atoms with Crippen molar-refractivity contribution in [2.24, 2.45) is 5.92 Å². The van der Waals surface area contributed by atoms with Crippen molar-refractivity contribution in [2.45, 2.75) is 26.4 Å². The van der Waals surface area contributed by atoms with Gasteiger partial charge in [-0.2, -0.15) is 10.4 Å². The molecule has 0 saturated carbocycles. The summed E-state index contributed by atoms with van der Waals surface area (Å²) >= 11 is 0. The van der Waals surface area contributed by atoms with Gasteiger partial charge in [0.1, 0.15) is 17.5 Å². The molecule has 1 fully saturated rings. The molecule has 0 aliphatic carbocycles. The van der Waals surface area contributed by atoms with Crippen LogP contribution in [0.25, 0.3) is 11.3 Å². The fraction of sp³-hybridized carbons (Fsp3) is 0.370. The van der Waals surface area contributed by atoms with Crippen LogP contribution in [0.5, 0.6) is 5.75 Å². The Labute approximate surface area is 201 Å². The predicted molar refractivity (Wildman–Crippen MR) is 131 cm³/mol. The lowest BCUT2D eigenvalue weighted by atomic mass is 10.0. The van der Waals surface area contributed by atoms with Gasteiger partial charge in [0, 0.05) is 37.9 Å². The monoisotopic (exact) mass is 457 g/mol. The van der Waals surface area contributed by atoms with Crippen molar-refractivity contribution in [3.05, 3.63) is 71.9 Å². The molecule has 1 aliphatic rings. The molecule has 7 nitrogen and oxygen atoms in total. The summed E-state index contributed by atoms with van der Waals surface area (Å²) < 4.78 is 7.23. The van der Waals surface area contributed by atoms with Crippen molar-refractivity contribution in [3.63, 3.8) is 0 Å². The number of carbonyl (C=O) groups is 1. The number of aromatic nitrogens is 2. The Hall–Kier alpha value is -3.63. The number of nitriles is 1. The summed E-state index contributed by atoms with van der Waals surface area (Å²) in [7, 11) is 1.63. The molecule has 0 radical (unpaired) electrons. The number of rotatable bonds is 7. The van der Waals surface area contributed by atoms with E-state index in [0.29, 0.717) is 44.0 Å². The standard InChI is InChI=1S/C27H31N5O2/c1-20(2)25(17-28)30-12-14-31(15-13-30)27(33)24-19-32(18-21-8-5-4-6-9-21)29-26(24)22-10-7-11-23(16-22)34-3/h4-11,16,19-20,25H,12-15,18H2,1-3H3. The van der Waals surface area contributed by atoms with Gasteiger partial charge in [0.25, 0.3) is 5.91 Å². The van der Waals surface area contributed by atoms with E-state index in [2.05, 4.69) is 24.8 Å². The van der Waals surface area contributed by atoms with E-state index in [9.17, 15) is 10.1 Å². The number of amides is 1. The number of nitrogens with zero attached hydrogens (tertiary/aromatic N) is 5. The smallest absolute Gasteiger partial charge is 0.257 e. The number of piperazine rings is 1. The largest absolute Gasteiger partial charge is 0.497 e. The molecule has 3 aromatic rings. The molecule has 1 aromatic heterocycles. The number of hydrogen-bond donors (Lipinski definition) is 0. The van der Waals surface area contributed by atoms with Crippen LogP contribution in [0.3, 0.4) is 0 Å². The molecule has 4 rings (SSSR count). The predicted octanol–water partition coefficient (Wildman–Crippen LogP) is 3.91. The van der Waals surface area contributed by atoms with Crippen LogP contribution in [0.1, 0.15) is 29.8 Å². The van der Waals surface area contributed by atoms with Crippen molar-refractivity contribution in [1.29, 1.82) is 5.26 Å². The normalized spacial score (nSPS) is 15.2. The highest BCUT2D eigenvalue weighted by molar-refractivity contribution is 6.00. The van der Waals surface area contributed by atoms with Gasteiger partial charge in [-0.25, -0.2) is 0 Å². The van der Waals surface area contributed by atoms with E-state index >= 15 is 0 Å². The molecule has 1 saturated heterocycles. The molecule has 1 atom stereocenters. The summed E-state index contributed by atoms with van der Waals surface area (Å²) in [4.78, 5) is 17.7. The van der Waals surface area contributed by atoms with Crippen molar-refractivity contribution in [2.75, 3.05) is 33.3 Å². The van der Waals surface area contributed by atoms with Crippen molar-refractivity contribution in [3.8, 4) is 23.1 Å². The minimum absolute atomic E-state index is 0.0326. The van der Waals surface area contributed by atoms with Crippen LogP contribution in [0.2, 0.25) is 0 Å². The second-order valence-corrected chi connectivity index (χ2v) is 8.95. The third-order valence-electron chi connectivity index (χ3n) is 6.28. The highest BCUT2D eigenvalue weighted by Gasteiger charge is 2.30. The summed E-state index contributed by atoms with van der Waals surface area (Å²) in [5.74, 6) is 0.941. The van der Waals surface area contributed by atoms with Gasteiger partial charge in [-0.05, 0) is 23.6 Å². The molecule has 0 N–H and O–H groups in total. The molecule has 0 bridgehead atoms. The first-order valence-electron chi connectivity index (χ1n) is 11.7. The van der Waals surface area contributed by atoms with Crippen LogP contribution >= 0.6 is 0 Å². The van der Waals surface area contributed by atoms with E-state index in [-0.39, 0.29) is 17.9 Å². The Morgan fingerprint density at radius 3 is 2.47 bits per heavy atom. The number of ether oxygens (including phenoxy) is 1. The van der Waals surface area contributed by atoms with E-state index < -0.39 is 0 Å². The van der Waals surface area contributed by atoms with Gasteiger partial charge in [-0.1, -0.05) is 56.3 Å². The Kier molecular flexibility index (Phi) is 7.29. The van der Waals surface area contributed by atoms with Crippen LogP contribution < -0.4 is 4.74 Å². The van der Waals surface area contributed by atoms with Crippen LogP contribution in [-0.2, 0) is 6.54 Å². The Bertz CT molecular complexity index is 1160. The summed E-state index contributed by atoms with van der Waals surface area (Å²) in [6.45, 7) is 7.26. The lowest BCUT2D eigenvalue weighted by molar-refractivity contribution is 0.0577. The zero-order chi connectivity index (χ0) is 24.1. The zero-order valence-corrected chi connectivity index (χ0v) is 20.0. The second-order valence-electron chi connectivity index (χ2n) is 8.95. The molecular formula is C27H31N5O2. The molecule has 1 unspecified atom stereocenters. The van der Waals surface area contributed by atoms with Crippen molar-refractivity contribution in [1.82, 2.24) is 19.6 Å². The number of hydrogen-bond acceptors (Lipinski definition) is 5. The minimum Gasteiger partial charge on any atom is -0.497 e. The molecule has 1 aliphatic heterocycles. The van der Waals surface area contributed by atoms with Gasteiger partial charge in [0.05, 0.1) is 25.3 Å². The van der Waals surface area contributed by atoms with E-state index in [1.807, 2.05) is 70.4 Å². The Morgan fingerprint density at radius 2 is 1.82 bits per heavy atom. The Morgan fingerprint density at radius 1 is 1.09 bits per heavy atom. The maximum Gasteiger partial charge on any atom is 0.257 e. The summed E-state index contributed by atoms with van der Waals surface area (Å²) in [6.07, 6.45) is 1.85. The topological polar surface area (TPSA) is 74.4 Å². The minimum atomic E-state index is -0.127. The molecule has 176 valence electrons. The van der Waals surface area contributed by atoms with Crippen LogP contribution in [-0.4, -0.2) is 64.8 Å². The Balaban J connectivity index is 1.60. The van der Waals surface area contributed by atoms with Gasteiger partial charge in [0.2, 0.25) is 0 Å². The number of benzene rings is 2. The van der Waals surface area contributed by atoms with Gasteiger partial charge in [-0.15, -0.1) is 0 Å². The lowest BCUT2D eigenvalue weighted by Gasteiger charge is -2.38. The molecule has 7 heteroatoms. The highest BCUT2D eigenvalue weighted by atomic mass is 16.5. The van der Waals surface area contributed by atoms with Crippen molar-refractivity contribution < 1.29 is 9.53 Å². The fourth-order valence-corrected chi connectivity index (χ4v) is 4.44. The van der Waals surface area contributed by atoms with E-state index in [1.165, 1.54) is 0 Å². The molecule has 1 amide bonds. The molecule has 0 spiro atoms. The van der Waals surface area contributed by atoms with E-state index in [4.69, 9.17) is 9.84 Å². The average molecular weight is 458 g/mol. The fourth-order valence-electron chi connectivity index (χ4n) is 4.44. The highest BCUT2D eigenvalue weighted by Crippen LogP contribution is 2.27. The third kappa shape index (κ3) is 5.13. The average Bonchev–Trinajstić information content (AvgIpc) is 3.28. The summed E-state index contributed by atoms with van der Waals surface area (Å²) in [6, 6.07) is 20.0. The first-order chi connectivity index (χ1) is 16.5. The van der Waals surface area contributed by atoms with E-state index in [1.54, 1.807) is 7.11 Å². The number of carbonyl (C=O) groups excluding carboxylic acids is 1. The zero-order valence-electron chi connectivity index (χ0n) is 20.0. The SMILES string of the molecule is COc1cccc(-c2nn(Cc3ccccc3)cc2C(=O)N2CCN(C(C#N)C(C)C)CC2)c1. The first kappa shape index (κ1) is 23.5. The van der Waals surface area contributed by atoms with Crippen LogP contribution in [0, 0.1) is 17.2 Å². The molecule has 2 aromatic carbocycles.